The molecule has 1 aromatic rings. The second-order valence-corrected chi connectivity index (χ2v) is 3.80. The Kier molecular flexibility index (Phi) is 5.33. The maximum atomic E-state index is 11.6. The summed E-state index contributed by atoms with van der Waals surface area (Å²) >= 11 is 0. The molecule has 0 aliphatic heterocycles. The van der Waals surface area contributed by atoms with Crippen LogP contribution in [0, 0.1) is 0 Å². The molecule has 0 aliphatic carbocycles. The summed E-state index contributed by atoms with van der Waals surface area (Å²) in [5.41, 5.74) is 7.52. The van der Waals surface area contributed by atoms with Gasteiger partial charge in [0.1, 0.15) is 0 Å². The van der Waals surface area contributed by atoms with Gasteiger partial charge in [0.25, 0.3) is 0 Å². The average Bonchev–Trinajstić information content (AvgIpc) is 2.32. The fourth-order valence-corrected chi connectivity index (χ4v) is 1.46. The molecule has 4 heteroatoms. The number of nitrogen functional groups attached to an aromatic ring is 1. The first kappa shape index (κ1) is 13.4. The van der Waals surface area contributed by atoms with E-state index >= 15 is 0 Å². The molecule has 4 nitrogen and oxygen atoms in total. The Labute approximate surface area is 102 Å². The number of hydrogen-bond acceptors (Lipinski definition) is 4. The van der Waals surface area contributed by atoms with Crippen molar-refractivity contribution in [3.8, 4) is 0 Å². The molecular formula is C13H20N2O2. The predicted octanol–water partition coefficient (Wildman–Crippen LogP) is 2.66. The van der Waals surface area contributed by atoms with E-state index in [4.69, 9.17) is 10.5 Å². The number of anilines is 2. The smallest absolute Gasteiger partial charge is 0.340 e. The molecular weight excluding hydrogens is 216 g/mol. The number of esters is 1. The standard InChI is InChI=1S/C13H20N2O2/c1-3-5-8-15-10-6-7-12(14)11(9-10)13(16)17-4-2/h6-7,9,15H,3-5,8,14H2,1-2H3. The number of rotatable bonds is 6. The molecule has 0 aliphatic rings. The summed E-state index contributed by atoms with van der Waals surface area (Å²) in [7, 11) is 0. The molecule has 1 aromatic carbocycles. The maximum absolute atomic E-state index is 11.6. The number of nitrogens with two attached hydrogens (primary N) is 1. The lowest BCUT2D eigenvalue weighted by atomic mass is 10.1. The molecule has 0 atom stereocenters. The monoisotopic (exact) mass is 236 g/mol. The second-order valence-electron chi connectivity index (χ2n) is 3.80. The molecule has 0 amide bonds. The minimum Gasteiger partial charge on any atom is -0.462 e. The molecule has 3 N–H and O–H groups in total. The van der Waals surface area contributed by atoms with Crippen LogP contribution in [0.1, 0.15) is 37.0 Å². The zero-order valence-electron chi connectivity index (χ0n) is 10.5. The molecule has 17 heavy (non-hydrogen) atoms. The molecule has 0 aromatic heterocycles. The number of hydrogen-bond donors (Lipinski definition) is 2. The van der Waals surface area contributed by atoms with Crippen molar-refractivity contribution in [2.45, 2.75) is 26.7 Å². The highest BCUT2D eigenvalue weighted by atomic mass is 16.5. The first-order chi connectivity index (χ1) is 8.19. The minimum atomic E-state index is -0.371. The van der Waals surface area contributed by atoms with Crippen LogP contribution < -0.4 is 11.1 Å². The summed E-state index contributed by atoms with van der Waals surface area (Å²) in [5, 5.41) is 3.25. The van der Waals surface area contributed by atoms with Crippen molar-refractivity contribution in [2.75, 3.05) is 24.2 Å². The lowest BCUT2D eigenvalue weighted by molar-refractivity contribution is 0.0527. The fraction of sp³-hybridized carbons (Fsp3) is 0.462. The van der Waals surface area contributed by atoms with E-state index in [0.717, 1.165) is 25.1 Å². The van der Waals surface area contributed by atoms with Gasteiger partial charge in [-0.2, -0.15) is 0 Å². The minimum absolute atomic E-state index is 0.353. The molecule has 1 rings (SSSR count). The van der Waals surface area contributed by atoms with Crippen molar-refractivity contribution in [1.29, 1.82) is 0 Å². The van der Waals surface area contributed by atoms with Crippen LogP contribution in [0.2, 0.25) is 0 Å². The molecule has 0 heterocycles. The van der Waals surface area contributed by atoms with Gasteiger partial charge >= 0.3 is 5.97 Å². The summed E-state index contributed by atoms with van der Waals surface area (Å²) < 4.78 is 4.94. The van der Waals surface area contributed by atoms with Crippen molar-refractivity contribution in [3.63, 3.8) is 0 Å². The Bertz CT molecular complexity index is 378. The zero-order valence-corrected chi connectivity index (χ0v) is 10.5. The largest absolute Gasteiger partial charge is 0.462 e. The van der Waals surface area contributed by atoms with Crippen molar-refractivity contribution in [2.24, 2.45) is 0 Å². The van der Waals surface area contributed by atoms with Gasteiger partial charge in [-0.15, -0.1) is 0 Å². The average molecular weight is 236 g/mol. The molecule has 0 radical (unpaired) electrons. The van der Waals surface area contributed by atoms with Crippen LogP contribution >= 0.6 is 0 Å². The van der Waals surface area contributed by atoms with Crippen molar-refractivity contribution in [1.82, 2.24) is 0 Å². The van der Waals surface area contributed by atoms with E-state index in [1.807, 2.05) is 6.07 Å². The van der Waals surface area contributed by atoms with E-state index in [2.05, 4.69) is 12.2 Å². The highest BCUT2D eigenvalue weighted by Crippen LogP contribution is 2.18. The van der Waals surface area contributed by atoms with E-state index in [9.17, 15) is 4.79 Å². The Morgan fingerprint density at radius 2 is 2.18 bits per heavy atom. The third-order valence-electron chi connectivity index (χ3n) is 2.41. The van der Waals surface area contributed by atoms with Gasteiger partial charge in [0.2, 0.25) is 0 Å². The molecule has 0 saturated heterocycles. The Morgan fingerprint density at radius 1 is 1.41 bits per heavy atom. The van der Waals surface area contributed by atoms with Crippen molar-refractivity contribution < 1.29 is 9.53 Å². The van der Waals surface area contributed by atoms with Crippen LogP contribution in [-0.2, 0) is 4.74 Å². The predicted molar refractivity (Wildman–Crippen MR) is 70.2 cm³/mol. The van der Waals surface area contributed by atoms with Gasteiger partial charge in [-0.3, -0.25) is 0 Å². The van der Waals surface area contributed by atoms with E-state index in [0.29, 0.717) is 17.9 Å². The topological polar surface area (TPSA) is 64.3 Å². The van der Waals surface area contributed by atoms with Gasteiger partial charge in [-0.25, -0.2) is 4.79 Å². The Hall–Kier alpha value is -1.71. The third-order valence-corrected chi connectivity index (χ3v) is 2.41. The van der Waals surface area contributed by atoms with Gasteiger partial charge in [-0.1, -0.05) is 13.3 Å². The van der Waals surface area contributed by atoms with Crippen LogP contribution in [0.15, 0.2) is 18.2 Å². The van der Waals surface area contributed by atoms with E-state index in [1.165, 1.54) is 0 Å². The van der Waals surface area contributed by atoms with Crippen LogP contribution in [-0.4, -0.2) is 19.1 Å². The van der Waals surface area contributed by atoms with Crippen molar-refractivity contribution >= 4 is 17.3 Å². The van der Waals surface area contributed by atoms with Crippen LogP contribution in [0.3, 0.4) is 0 Å². The quantitative estimate of drug-likeness (QED) is 0.453. The molecule has 0 unspecified atom stereocenters. The highest BCUT2D eigenvalue weighted by molar-refractivity contribution is 5.96. The lowest BCUT2D eigenvalue weighted by Crippen LogP contribution is -2.09. The van der Waals surface area contributed by atoms with E-state index < -0.39 is 0 Å². The van der Waals surface area contributed by atoms with Crippen molar-refractivity contribution in [3.05, 3.63) is 23.8 Å². The normalized spacial score (nSPS) is 10.0. The molecule has 94 valence electrons. The van der Waals surface area contributed by atoms with Gasteiger partial charge in [0.05, 0.1) is 12.2 Å². The number of benzene rings is 1. The molecule has 0 fully saturated rings. The first-order valence-electron chi connectivity index (χ1n) is 5.99. The van der Waals surface area contributed by atoms with Crippen LogP contribution in [0.25, 0.3) is 0 Å². The van der Waals surface area contributed by atoms with E-state index in [-0.39, 0.29) is 5.97 Å². The number of carbonyl (C=O) groups is 1. The van der Waals surface area contributed by atoms with Gasteiger partial charge in [0.15, 0.2) is 0 Å². The van der Waals surface area contributed by atoms with Gasteiger partial charge in [-0.05, 0) is 31.5 Å². The lowest BCUT2D eigenvalue weighted by Gasteiger charge is -2.09. The molecule has 0 bridgehead atoms. The summed E-state index contributed by atoms with van der Waals surface area (Å²) in [4.78, 5) is 11.6. The second kappa shape index (κ2) is 6.78. The number of ether oxygens (including phenoxy) is 1. The first-order valence-corrected chi connectivity index (χ1v) is 5.99. The molecule has 0 saturated carbocycles. The van der Waals surface area contributed by atoms with E-state index in [1.54, 1.807) is 19.1 Å². The summed E-state index contributed by atoms with van der Waals surface area (Å²) in [6.45, 7) is 5.15. The fourth-order valence-electron chi connectivity index (χ4n) is 1.46. The maximum Gasteiger partial charge on any atom is 0.340 e. The number of unbranched alkanes of at least 4 members (excludes halogenated alkanes) is 1. The SMILES string of the molecule is CCCCNc1ccc(N)c(C(=O)OCC)c1. The van der Waals surface area contributed by atoms with Crippen LogP contribution in [0.4, 0.5) is 11.4 Å². The van der Waals surface area contributed by atoms with Gasteiger partial charge < -0.3 is 15.8 Å². The summed E-state index contributed by atoms with van der Waals surface area (Å²) in [6, 6.07) is 5.33. The van der Waals surface area contributed by atoms with Crippen LogP contribution in [0.5, 0.6) is 0 Å². The summed E-state index contributed by atoms with van der Waals surface area (Å²) in [5.74, 6) is -0.371. The Balaban J connectivity index is 2.75. The summed E-state index contributed by atoms with van der Waals surface area (Å²) in [6.07, 6.45) is 2.23. The van der Waals surface area contributed by atoms with Gasteiger partial charge in [0, 0.05) is 17.9 Å². The number of carbonyl (C=O) groups excluding carboxylic acids is 1. The molecule has 0 spiro atoms. The number of nitrogens with one attached hydrogen (secondary N) is 1. The Morgan fingerprint density at radius 3 is 2.82 bits per heavy atom. The zero-order chi connectivity index (χ0) is 12.7. The third kappa shape index (κ3) is 3.98. The highest BCUT2D eigenvalue weighted by Gasteiger charge is 2.11.